The molecule has 1 aliphatic heterocycles. The molecule has 2 aromatic heterocycles. The molecule has 1 aliphatic carbocycles. The molecule has 1 saturated heterocycles. The third kappa shape index (κ3) is 4.86. The van der Waals surface area contributed by atoms with Crippen molar-refractivity contribution in [1.29, 1.82) is 5.26 Å². The van der Waals surface area contributed by atoms with Crippen molar-refractivity contribution in [2.24, 2.45) is 5.92 Å². The molecule has 6 rings (SSSR count). The lowest BCUT2D eigenvalue weighted by Crippen LogP contribution is -2.38. The second kappa shape index (κ2) is 10.4. The van der Waals surface area contributed by atoms with Crippen molar-refractivity contribution >= 4 is 22.8 Å². The topological polar surface area (TPSA) is 110 Å². The van der Waals surface area contributed by atoms with Crippen molar-refractivity contribution < 1.29 is 18.3 Å². The number of allylic oxidation sites excluding steroid dienone is 1. The van der Waals surface area contributed by atoms with Crippen LogP contribution >= 0.6 is 0 Å². The number of ether oxygens (including phenoxy) is 1. The number of fused-ring (bicyclic) bond motifs is 1. The molecule has 4 aromatic rings. The molecule has 0 bridgehead atoms. The Balaban J connectivity index is 1.28. The van der Waals surface area contributed by atoms with Gasteiger partial charge in [0, 0.05) is 24.8 Å². The van der Waals surface area contributed by atoms with Gasteiger partial charge in [-0.15, -0.1) is 0 Å². The number of rotatable bonds is 7. The van der Waals surface area contributed by atoms with Crippen LogP contribution in [0.25, 0.3) is 22.2 Å². The minimum Gasteiger partial charge on any atom is -0.454 e. The maximum Gasteiger partial charge on any atom is 0.264 e. The average Bonchev–Trinajstić information content (AvgIpc) is 3.54. The van der Waals surface area contributed by atoms with Gasteiger partial charge < -0.3 is 19.9 Å². The van der Waals surface area contributed by atoms with Crippen molar-refractivity contribution in [3.63, 3.8) is 0 Å². The van der Waals surface area contributed by atoms with Gasteiger partial charge in [-0.25, -0.2) is 14.4 Å². The van der Waals surface area contributed by atoms with E-state index in [1.807, 2.05) is 16.8 Å². The van der Waals surface area contributed by atoms with E-state index in [0.717, 1.165) is 42.9 Å². The molecule has 2 N–H and O–H groups in total. The Hall–Kier alpha value is -4.78. The number of carbonyl (C=O) groups is 1. The average molecular weight is 541 g/mol. The van der Waals surface area contributed by atoms with Crippen LogP contribution in [0.1, 0.15) is 25.7 Å². The van der Waals surface area contributed by atoms with Gasteiger partial charge >= 0.3 is 0 Å². The minimum atomic E-state index is -1.05. The summed E-state index contributed by atoms with van der Waals surface area (Å²) >= 11 is 0. The lowest BCUT2D eigenvalue weighted by Gasteiger charge is -2.25. The molecular formula is C30H26F2N6O2. The van der Waals surface area contributed by atoms with Gasteiger partial charge in [0.15, 0.2) is 11.6 Å². The highest BCUT2D eigenvalue weighted by molar-refractivity contribution is 6.01. The second-order valence-electron chi connectivity index (χ2n) is 10.2. The van der Waals surface area contributed by atoms with Crippen molar-refractivity contribution in [2.75, 3.05) is 12.3 Å². The third-order valence-corrected chi connectivity index (χ3v) is 7.41. The summed E-state index contributed by atoms with van der Waals surface area (Å²) < 4.78 is 35.1. The third-order valence-electron chi connectivity index (χ3n) is 7.41. The van der Waals surface area contributed by atoms with Crippen molar-refractivity contribution in [3.05, 3.63) is 78.3 Å². The molecule has 2 aromatic carbocycles. The number of nitrogens with zero attached hydrogens (tertiary/aromatic N) is 5. The molecule has 2 fully saturated rings. The zero-order valence-electron chi connectivity index (χ0n) is 21.6. The van der Waals surface area contributed by atoms with E-state index in [2.05, 4.69) is 16.0 Å². The SMILES string of the molecule is N#C/C(=C/C1CC1)C(=O)N1CCC[C@H]1Cn1cc(-c2ccc(Oc3cccc(F)c3F)cc2)c2c(N)ncnc21. The number of amides is 1. The number of aromatic nitrogens is 3. The maximum absolute atomic E-state index is 14.0. The molecule has 8 nitrogen and oxygen atoms in total. The van der Waals surface area contributed by atoms with E-state index in [0.29, 0.717) is 41.6 Å². The summed E-state index contributed by atoms with van der Waals surface area (Å²) in [4.78, 5) is 23.7. The molecule has 1 amide bonds. The summed E-state index contributed by atoms with van der Waals surface area (Å²) in [6.07, 6.45) is 8.87. The van der Waals surface area contributed by atoms with Crippen LogP contribution in [0.15, 0.2) is 66.6 Å². The maximum atomic E-state index is 14.0. The van der Waals surface area contributed by atoms with Crippen molar-refractivity contribution in [2.45, 2.75) is 38.3 Å². The van der Waals surface area contributed by atoms with Crippen LogP contribution in [0.4, 0.5) is 14.6 Å². The molecule has 10 heteroatoms. The molecular weight excluding hydrogens is 514 g/mol. The summed E-state index contributed by atoms with van der Waals surface area (Å²) in [7, 11) is 0. The normalized spacial score (nSPS) is 17.3. The van der Waals surface area contributed by atoms with Crippen LogP contribution in [-0.2, 0) is 11.3 Å². The highest BCUT2D eigenvalue weighted by Crippen LogP contribution is 2.36. The largest absolute Gasteiger partial charge is 0.454 e. The van der Waals surface area contributed by atoms with Crippen LogP contribution in [0.3, 0.4) is 0 Å². The standard InChI is InChI=1S/C30H26F2N6O2/c31-24-4-1-5-25(27(24)32)40-22-10-8-19(9-11-22)23-16-37(29-26(23)28(34)35-17-36-29)15-21-3-2-12-38(21)30(39)20(14-33)13-18-6-7-18/h1,4-5,8-11,13,16-18,21H,2-3,6-7,12,15H2,(H2,34,35,36)/b20-13-/t21-/m0/s1. The number of hydrogen-bond donors (Lipinski definition) is 1. The quantitative estimate of drug-likeness (QED) is 0.241. The Bertz CT molecular complexity index is 1670. The first-order valence-electron chi connectivity index (χ1n) is 13.2. The summed E-state index contributed by atoms with van der Waals surface area (Å²) in [6, 6.07) is 12.7. The monoisotopic (exact) mass is 540 g/mol. The predicted octanol–water partition coefficient (Wildman–Crippen LogP) is 5.60. The van der Waals surface area contributed by atoms with E-state index >= 15 is 0 Å². The van der Waals surface area contributed by atoms with Gasteiger partial charge in [0.05, 0.1) is 11.4 Å². The molecule has 40 heavy (non-hydrogen) atoms. The van der Waals surface area contributed by atoms with Gasteiger partial charge in [0.2, 0.25) is 5.82 Å². The highest BCUT2D eigenvalue weighted by Gasteiger charge is 2.33. The van der Waals surface area contributed by atoms with Crippen LogP contribution in [0, 0.1) is 28.9 Å². The fourth-order valence-electron chi connectivity index (χ4n) is 5.23. The van der Waals surface area contributed by atoms with E-state index in [4.69, 9.17) is 10.5 Å². The Kier molecular flexibility index (Phi) is 6.64. The fourth-order valence-corrected chi connectivity index (χ4v) is 5.23. The van der Waals surface area contributed by atoms with Gasteiger partial charge in [-0.05, 0) is 61.4 Å². The lowest BCUT2D eigenvalue weighted by molar-refractivity contribution is -0.127. The van der Waals surface area contributed by atoms with Gasteiger partial charge in [0.1, 0.15) is 35.2 Å². The number of hydrogen-bond acceptors (Lipinski definition) is 6. The Morgan fingerprint density at radius 3 is 2.70 bits per heavy atom. The van der Waals surface area contributed by atoms with Crippen molar-refractivity contribution in [1.82, 2.24) is 19.4 Å². The van der Waals surface area contributed by atoms with Crippen LogP contribution in [-0.4, -0.2) is 37.9 Å². The first-order valence-corrected chi connectivity index (χ1v) is 13.2. The van der Waals surface area contributed by atoms with Crippen LogP contribution in [0.2, 0.25) is 0 Å². The molecule has 1 saturated carbocycles. The highest BCUT2D eigenvalue weighted by atomic mass is 19.2. The second-order valence-corrected chi connectivity index (χ2v) is 10.2. The smallest absolute Gasteiger partial charge is 0.264 e. The first-order chi connectivity index (χ1) is 19.4. The summed E-state index contributed by atoms with van der Waals surface area (Å²) in [5, 5.41) is 10.3. The van der Waals surface area contributed by atoms with Crippen LogP contribution in [0.5, 0.6) is 11.5 Å². The van der Waals surface area contributed by atoms with E-state index < -0.39 is 11.6 Å². The Morgan fingerprint density at radius 2 is 1.95 bits per heavy atom. The number of nitrogen functional groups attached to an aromatic ring is 1. The number of benzene rings is 2. The number of nitrogens with two attached hydrogens (primary N) is 1. The Morgan fingerprint density at radius 1 is 1.15 bits per heavy atom. The zero-order chi connectivity index (χ0) is 27.8. The van der Waals surface area contributed by atoms with E-state index in [1.54, 1.807) is 29.2 Å². The molecule has 2 aliphatic rings. The number of likely N-dealkylation sites (tertiary alicyclic amines) is 1. The molecule has 0 spiro atoms. The van der Waals surface area contributed by atoms with Gasteiger partial charge in [-0.1, -0.05) is 24.3 Å². The molecule has 202 valence electrons. The zero-order valence-corrected chi connectivity index (χ0v) is 21.6. The molecule has 3 heterocycles. The van der Waals surface area contributed by atoms with Gasteiger partial charge in [0.25, 0.3) is 5.91 Å². The van der Waals surface area contributed by atoms with Crippen molar-refractivity contribution in [3.8, 4) is 28.7 Å². The number of nitriles is 1. The van der Waals surface area contributed by atoms with Gasteiger partial charge in [-0.2, -0.15) is 9.65 Å². The lowest BCUT2D eigenvalue weighted by atomic mass is 10.1. The molecule has 0 unspecified atom stereocenters. The first kappa shape index (κ1) is 25.5. The molecule has 0 radical (unpaired) electrons. The summed E-state index contributed by atoms with van der Waals surface area (Å²) in [5.74, 6) is -1.46. The minimum absolute atomic E-state index is 0.0972. The van der Waals surface area contributed by atoms with E-state index in [9.17, 15) is 18.8 Å². The summed E-state index contributed by atoms with van der Waals surface area (Å²) in [6.45, 7) is 1.09. The van der Waals surface area contributed by atoms with E-state index in [-0.39, 0.29) is 23.3 Å². The summed E-state index contributed by atoms with van der Waals surface area (Å²) in [5.41, 5.74) is 8.74. The number of halogens is 2. The predicted molar refractivity (Wildman–Crippen MR) is 145 cm³/mol. The van der Waals surface area contributed by atoms with E-state index in [1.165, 1.54) is 18.5 Å². The van der Waals surface area contributed by atoms with Crippen LogP contribution < -0.4 is 10.5 Å². The number of anilines is 1. The fraction of sp³-hybridized carbons (Fsp3) is 0.267. The molecule has 1 atom stereocenters. The number of carbonyl (C=O) groups excluding carboxylic acids is 1. The Labute approximate surface area is 229 Å². The van der Waals surface area contributed by atoms with Gasteiger partial charge in [-0.3, -0.25) is 4.79 Å².